The van der Waals surface area contributed by atoms with Gasteiger partial charge in [-0.3, -0.25) is 0 Å². The summed E-state index contributed by atoms with van der Waals surface area (Å²) in [6.45, 7) is 4.39. The van der Waals surface area contributed by atoms with Gasteiger partial charge in [-0.25, -0.2) is 0 Å². The van der Waals surface area contributed by atoms with E-state index in [1.807, 2.05) is 0 Å². The molecule has 2 heteroatoms. The van der Waals surface area contributed by atoms with E-state index in [0.29, 0.717) is 0 Å². The first-order valence-electron chi connectivity index (χ1n) is 5.23. The number of rotatable bonds is 2. The van der Waals surface area contributed by atoms with Gasteiger partial charge in [0.25, 0.3) is 15.2 Å². The molecule has 0 spiro atoms. The molecule has 81 valence electrons. The third-order valence-electron chi connectivity index (χ3n) is 2.69. The maximum atomic E-state index is 2.25. The summed E-state index contributed by atoms with van der Waals surface area (Å²) in [6, 6.07) is 17.4. The highest BCUT2D eigenvalue weighted by atomic mass is 79.9. The lowest BCUT2D eigenvalue weighted by molar-refractivity contribution is 1.50. The molecule has 0 saturated heterocycles. The molecule has 0 aromatic heterocycles. The molecule has 0 aliphatic carbocycles. The lowest BCUT2D eigenvalue weighted by Gasteiger charge is -2.06. The van der Waals surface area contributed by atoms with Crippen molar-refractivity contribution in [1.82, 2.24) is 0 Å². The fraction of sp³-hybridized carbons (Fsp3) is 0.143. The molecule has 2 aromatic rings. The molecule has 16 heavy (non-hydrogen) atoms. The van der Waals surface area contributed by atoms with Crippen LogP contribution < -0.4 is 8.85 Å². The van der Waals surface area contributed by atoms with Gasteiger partial charge in [-0.2, -0.15) is 0 Å². The smallest absolute Gasteiger partial charge is 0.114 e. The highest BCUT2D eigenvalue weighted by Gasteiger charge is 2.04. The van der Waals surface area contributed by atoms with Crippen LogP contribution in [0.25, 0.3) is 0 Å². The molecule has 2 aromatic carbocycles. The molecule has 1 radical (unpaired) electrons. The van der Waals surface area contributed by atoms with Crippen LogP contribution in [-0.2, 0) is 0 Å². The summed E-state index contributed by atoms with van der Waals surface area (Å²) >= 11 is 0.241. The minimum atomic E-state index is 0. The maximum Gasteiger partial charge on any atom is 0.299 e. The Balaban J connectivity index is 0.00000128. The van der Waals surface area contributed by atoms with Crippen molar-refractivity contribution in [2.24, 2.45) is 0 Å². The Morgan fingerprint density at radius 2 is 1.06 bits per heavy atom. The van der Waals surface area contributed by atoms with Crippen molar-refractivity contribution in [2.75, 3.05) is 0 Å². The van der Waals surface area contributed by atoms with Crippen LogP contribution in [0.3, 0.4) is 0 Å². The standard InChI is InChI=1S/2C7H7.Al.BrH/c2*1-7-5-3-2-4-6-7;;/h2*2-5H,1H3;;1H. The SMILES string of the molecule is Br.Cc1cccc[c]1[Al][c]1ccccc1C. The Morgan fingerprint density at radius 3 is 1.44 bits per heavy atom. The molecular weight excluding hydrogens is 275 g/mol. The second-order valence-electron chi connectivity index (χ2n) is 3.86. The van der Waals surface area contributed by atoms with E-state index in [1.54, 1.807) is 0 Å². The molecule has 0 nitrogen and oxygen atoms in total. The highest BCUT2D eigenvalue weighted by Crippen LogP contribution is 1.95. The van der Waals surface area contributed by atoms with Gasteiger partial charge >= 0.3 is 0 Å². The van der Waals surface area contributed by atoms with Crippen LogP contribution in [0.15, 0.2) is 48.5 Å². The van der Waals surface area contributed by atoms with E-state index >= 15 is 0 Å². The Hall–Kier alpha value is -0.548. The topological polar surface area (TPSA) is 0 Å². The van der Waals surface area contributed by atoms with Crippen molar-refractivity contribution in [3.63, 3.8) is 0 Å². The lowest BCUT2D eigenvalue weighted by Crippen LogP contribution is -2.30. The molecule has 0 bridgehead atoms. The third-order valence-corrected chi connectivity index (χ3v) is 4.61. The first-order chi connectivity index (χ1) is 7.27. The van der Waals surface area contributed by atoms with E-state index in [0.717, 1.165) is 0 Å². The number of hydrogen-bond donors (Lipinski definition) is 0. The number of aryl methyl sites for hydroxylation is 2. The first-order valence-corrected chi connectivity index (χ1v) is 6.39. The second kappa shape index (κ2) is 6.25. The summed E-state index contributed by atoms with van der Waals surface area (Å²) in [5.74, 6) is 0. The van der Waals surface area contributed by atoms with Gasteiger partial charge in [-0.1, -0.05) is 59.7 Å². The van der Waals surface area contributed by atoms with Gasteiger partial charge in [-0.15, -0.1) is 25.8 Å². The molecule has 0 saturated carbocycles. The van der Waals surface area contributed by atoms with E-state index in [1.165, 1.54) is 20.0 Å². The molecule has 0 aliphatic heterocycles. The molecule has 2 rings (SSSR count). The largest absolute Gasteiger partial charge is 0.299 e. The van der Waals surface area contributed by atoms with Gasteiger partial charge in [0.1, 0.15) is 0 Å². The van der Waals surface area contributed by atoms with Crippen molar-refractivity contribution >= 4 is 41.1 Å². The zero-order valence-electron chi connectivity index (χ0n) is 9.60. The maximum absolute atomic E-state index is 2.25. The van der Waals surface area contributed by atoms with E-state index in [2.05, 4.69) is 62.4 Å². The zero-order chi connectivity index (χ0) is 10.7. The fourth-order valence-corrected chi connectivity index (χ4v) is 3.06. The summed E-state index contributed by atoms with van der Waals surface area (Å²) in [7, 11) is 0. The van der Waals surface area contributed by atoms with E-state index in [9.17, 15) is 0 Å². The lowest BCUT2D eigenvalue weighted by atomic mass is 10.2. The summed E-state index contributed by atoms with van der Waals surface area (Å²) < 4.78 is 3.01. The van der Waals surface area contributed by atoms with Crippen LogP contribution in [0.5, 0.6) is 0 Å². The molecule has 0 heterocycles. The van der Waals surface area contributed by atoms with Crippen molar-refractivity contribution < 1.29 is 0 Å². The third kappa shape index (κ3) is 3.22. The van der Waals surface area contributed by atoms with E-state index < -0.39 is 0 Å². The van der Waals surface area contributed by atoms with Crippen molar-refractivity contribution in [3.8, 4) is 0 Å². The van der Waals surface area contributed by atoms with Gasteiger partial charge in [0.05, 0.1) is 0 Å². The molecule has 0 aliphatic rings. The zero-order valence-corrected chi connectivity index (χ0v) is 12.5. The number of halogens is 1. The highest BCUT2D eigenvalue weighted by molar-refractivity contribution is 8.93. The normalized spacial score (nSPS) is 9.38. The summed E-state index contributed by atoms with van der Waals surface area (Å²) in [4.78, 5) is 0. The van der Waals surface area contributed by atoms with Crippen molar-refractivity contribution in [1.29, 1.82) is 0 Å². The van der Waals surface area contributed by atoms with Crippen molar-refractivity contribution in [2.45, 2.75) is 13.8 Å². The molecule has 0 N–H and O–H groups in total. The van der Waals surface area contributed by atoms with Gasteiger partial charge in [0.2, 0.25) is 0 Å². The number of hydrogen-bond acceptors (Lipinski definition) is 0. The fourth-order valence-electron chi connectivity index (χ4n) is 1.67. The van der Waals surface area contributed by atoms with Crippen molar-refractivity contribution in [3.05, 3.63) is 59.7 Å². The van der Waals surface area contributed by atoms with Gasteiger partial charge in [0.15, 0.2) is 0 Å². The Kier molecular flexibility index (Phi) is 5.28. The minimum absolute atomic E-state index is 0. The van der Waals surface area contributed by atoms with E-state index in [4.69, 9.17) is 0 Å². The second-order valence-corrected chi connectivity index (χ2v) is 5.39. The molecule has 0 atom stereocenters. The van der Waals surface area contributed by atoms with Crippen LogP contribution in [0.1, 0.15) is 11.1 Å². The average molecular weight is 290 g/mol. The van der Waals surface area contributed by atoms with Crippen LogP contribution in [0.4, 0.5) is 0 Å². The van der Waals surface area contributed by atoms with Crippen LogP contribution in [0.2, 0.25) is 0 Å². The van der Waals surface area contributed by atoms with Crippen LogP contribution in [-0.4, -0.2) is 15.2 Å². The summed E-state index contributed by atoms with van der Waals surface area (Å²) in [5.41, 5.74) is 2.83. The van der Waals surface area contributed by atoms with Crippen LogP contribution in [0, 0.1) is 13.8 Å². The Bertz CT molecular complexity index is 422. The molecular formula is C14H15AlBr. The average Bonchev–Trinajstić information content (AvgIpc) is 2.24. The van der Waals surface area contributed by atoms with Crippen LogP contribution >= 0.6 is 17.0 Å². The molecule has 0 fully saturated rings. The van der Waals surface area contributed by atoms with Gasteiger partial charge in [-0.05, 0) is 13.8 Å². The quantitative estimate of drug-likeness (QED) is 0.746. The predicted molar refractivity (Wildman–Crippen MR) is 77.7 cm³/mol. The summed E-state index contributed by atoms with van der Waals surface area (Å²) in [6.07, 6.45) is 0. The molecule has 0 unspecified atom stereocenters. The monoisotopic (exact) mass is 289 g/mol. The van der Waals surface area contributed by atoms with Gasteiger partial charge < -0.3 is 0 Å². The molecule has 0 amide bonds. The Morgan fingerprint density at radius 1 is 0.688 bits per heavy atom. The summed E-state index contributed by atoms with van der Waals surface area (Å²) in [5, 5.41) is 0. The number of benzene rings is 2. The Labute approximate surface area is 114 Å². The van der Waals surface area contributed by atoms with Gasteiger partial charge in [0, 0.05) is 0 Å². The predicted octanol–water partition coefficient (Wildman–Crippen LogP) is 2.54. The first kappa shape index (κ1) is 13.5. The minimum Gasteiger partial charge on any atom is -0.114 e. The van der Waals surface area contributed by atoms with E-state index in [-0.39, 0.29) is 32.2 Å².